The number of rotatable bonds is 5. The van der Waals surface area contributed by atoms with Crippen molar-refractivity contribution in [2.45, 2.75) is 0 Å². The standard InChI is InChI=1S/C6H10O6.2H3N/c7-3-5(9)11-1-2-12-6(10)4-8;;/h7-8H,1-4H2;2*1H3. The third kappa shape index (κ3) is 10.8. The molecule has 0 aliphatic carbocycles. The summed E-state index contributed by atoms with van der Waals surface area (Å²) in [5.74, 6) is -1.56. The fourth-order valence-electron chi connectivity index (χ4n) is 0.402. The minimum atomic E-state index is -0.782. The number of hydrogen-bond acceptors (Lipinski definition) is 8. The Bertz CT molecular complexity index is 144. The van der Waals surface area contributed by atoms with E-state index in [-0.39, 0.29) is 25.5 Å². The molecule has 8 nitrogen and oxygen atoms in total. The average molecular weight is 212 g/mol. The lowest BCUT2D eigenvalue weighted by Crippen LogP contribution is -2.17. The van der Waals surface area contributed by atoms with Crippen LogP contribution in [0, 0.1) is 0 Å². The molecular weight excluding hydrogens is 196 g/mol. The predicted octanol–water partition coefficient (Wildman–Crippen LogP) is -1.62. The zero-order valence-electron chi connectivity index (χ0n) is 7.77. The molecule has 0 aromatic heterocycles. The number of aliphatic hydroxyl groups excluding tert-OH is 2. The highest BCUT2D eigenvalue weighted by Crippen LogP contribution is 1.80. The molecule has 0 aromatic rings. The minimum absolute atomic E-state index is 0. The van der Waals surface area contributed by atoms with E-state index < -0.39 is 25.2 Å². The summed E-state index contributed by atoms with van der Waals surface area (Å²) < 4.78 is 8.68. The van der Waals surface area contributed by atoms with Crippen LogP contribution in [0.3, 0.4) is 0 Å². The molecule has 0 fully saturated rings. The van der Waals surface area contributed by atoms with Crippen LogP contribution in [0.15, 0.2) is 0 Å². The molecule has 0 atom stereocenters. The Labute approximate surface area is 81.0 Å². The summed E-state index contributed by atoms with van der Waals surface area (Å²) in [6, 6.07) is 0. The van der Waals surface area contributed by atoms with Crippen molar-refractivity contribution in [3.63, 3.8) is 0 Å². The van der Waals surface area contributed by atoms with Crippen molar-refractivity contribution in [3.05, 3.63) is 0 Å². The van der Waals surface area contributed by atoms with E-state index in [4.69, 9.17) is 10.2 Å². The smallest absolute Gasteiger partial charge is 0.331 e. The maximum absolute atomic E-state index is 10.3. The van der Waals surface area contributed by atoms with Crippen LogP contribution in [0.2, 0.25) is 0 Å². The van der Waals surface area contributed by atoms with Crippen molar-refractivity contribution in [3.8, 4) is 0 Å². The summed E-state index contributed by atoms with van der Waals surface area (Å²) in [4.78, 5) is 20.5. The van der Waals surface area contributed by atoms with Crippen molar-refractivity contribution < 1.29 is 29.3 Å². The molecule has 0 saturated heterocycles. The second-order valence-electron chi connectivity index (χ2n) is 1.76. The third-order valence-electron chi connectivity index (χ3n) is 0.868. The van der Waals surface area contributed by atoms with Gasteiger partial charge in [-0.05, 0) is 0 Å². The fourth-order valence-corrected chi connectivity index (χ4v) is 0.402. The van der Waals surface area contributed by atoms with Crippen molar-refractivity contribution in [2.75, 3.05) is 26.4 Å². The number of hydrogen-bond donors (Lipinski definition) is 4. The largest absolute Gasteiger partial charge is 0.460 e. The monoisotopic (exact) mass is 212 g/mol. The minimum Gasteiger partial charge on any atom is -0.460 e. The number of carbonyl (C=O) groups is 2. The van der Waals surface area contributed by atoms with Crippen LogP contribution < -0.4 is 12.3 Å². The van der Waals surface area contributed by atoms with E-state index in [1.165, 1.54) is 0 Å². The van der Waals surface area contributed by atoms with E-state index in [0.717, 1.165) is 0 Å². The average Bonchev–Trinajstić information content (AvgIpc) is 2.11. The molecule has 0 aromatic carbocycles. The third-order valence-corrected chi connectivity index (χ3v) is 0.868. The van der Waals surface area contributed by atoms with Crippen LogP contribution >= 0.6 is 0 Å². The van der Waals surface area contributed by atoms with Gasteiger partial charge in [0.25, 0.3) is 0 Å². The first-order valence-corrected chi connectivity index (χ1v) is 3.23. The summed E-state index contributed by atoms with van der Waals surface area (Å²) >= 11 is 0. The summed E-state index contributed by atoms with van der Waals surface area (Å²) in [5.41, 5.74) is 0. The van der Waals surface area contributed by atoms with E-state index in [2.05, 4.69) is 9.47 Å². The lowest BCUT2D eigenvalue weighted by molar-refractivity contribution is -0.155. The van der Waals surface area contributed by atoms with Crippen molar-refractivity contribution in [1.29, 1.82) is 0 Å². The van der Waals surface area contributed by atoms with Gasteiger partial charge in [-0.15, -0.1) is 0 Å². The zero-order chi connectivity index (χ0) is 9.40. The second kappa shape index (κ2) is 11.8. The molecule has 0 rings (SSSR count). The topological polar surface area (TPSA) is 163 Å². The molecule has 0 aliphatic rings. The fraction of sp³-hybridized carbons (Fsp3) is 0.667. The number of carbonyl (C=O) groups excluding carboxylic acids is 2. The SMILES string of the molecule is N.N.O=C(CO)OCCOC(=O)CO. The first-order valence-electron chi connectivity index (χ1n) is 3.23. The van der Waals surface area contributed by atoms with Crippen molar-refractivity contribution in [2.24, 2.45) is 0 Å². The lowest BCUT2D eigenvalue weighted by Gasteiger charge is -2.03. The van der Waals surface area contributed by atoms with Gasteiger partial charge in [0.15, 0.2) is 0 Å². The molecule has 0 heterocycles. The Morgan fingerprint density at radius 1 is 0.857 bits per heavy atom. The molecule has 8 heteroatoms. The molecule has 0 amide bonds. The highest BCUT2D eigenvalue weighted by molar-refractivity contribution is 5.71. The zero-order valence-corrected chi connectivity index (χ0v) is 7.77. The summed E-state index contributed by atoms with van der Waals surface area (Å²) in [6.45, 7) is -1.64. The number of esters is 2. The maximum atomic E-state index is 10.3. The van der Waals surface area contributed by atoms with Crippen LogP contribution in [-0.2, 0) is 19.1 Å². The van der Waals surface area contributed by atoms with Gasteiger partial charge in [-0.3, -0.25) is 0 Å². The van der Waals surface area contributed by atoms with Gasteiger partial charge < -0.3 is 32.0 Å². The Balaban J connectivity index is -0.000000605. The molecular formula is C6H16N2O6. The van der Waals surface area contributed by atoms with E-state index >= 15 is 0 Å². The Hall–Kier alpha value is -1.22. The molecule has 0 spiro atoms. The molecule has 0 aliphatic heterocycles. The normalized spacial score (nSPS) is 7.86. The molecule has 86 valence electrons. The quantitative estimate of drug-likeness (QED) is 0.312. The molecule has 0 unspecified atom stereocenters. The van der Waals surface area contributed by atoms with Crippen molar-refractivity contribution >= 4 is 11.9 Å². The van der Waals surface area contributed by atoms with Gasteiger partial charge in [0.1, 0.15) is 26.4 Å². The highest BCUT2D eigenvalue weighted by Gasteiger charge is 2.01. The molecule has 0 bridgehead atoms. The van der Waals surface area contributed by atoms with Crippen LogP contribution in [0.5, 0.6) is 0 Å². The lowest BCUT2D eigenvalue weighted by atomic mass is 10.7. The van der Waals surface area contributed by atoms with Gasteiger partial charge in [0.2, 0.25) is 0 Å². The number of ether oxygens (including phenoxy) is 2. The van der Waals surface area contributed by atoms with Gasteiger partial charge in [-0.1, -0.05) is 0 Å². The summed E-state index contributed by atoms with van der Waals surface area (Å²) in [5, 5.41) is 16.3. The van der Waals surface area contributed by atoms with E-state index in [1.807, 2.05) is 0 Å². The molecule has 14 heavy (non-hydrogen) atoms. The van der Waals surface area contributed by atoms with E-state index in [0.29, 0.717) is 0 Å². The van der Waals surface area contributed by atoms with E-state index in [1.54, 1.807) is 0 Å². The van der Waals surface area contributed by atoms with Gasteiger partial charge in [0.05, 0.1) is 0 Å². The Morgan fingerprint density at radius 3 is 1.36 bits per heavy atom. The van der Waals surface area contributed by atoms with Crippen molar-refractivity contribution in [1.82, 2.24) is 12.3 Å². The molecule has 0 saturated carbocycles. The highest BCUT2D eigenvalue weighted by atomic mass is 16.6. The van der Waals surface area contributed by atoms with Crippen LogP contribution in [0.4, 0.5) is 0 Å². The van der Waals surface area contributed by atoms with Crippen LogP contribution in [0.25, 0.3) is 0 Å². The van der Waals surface area contributed by atoms with Crippen LogP contribution in [0.1, 0.15) is 0 Å². The van der Waals surface area contributed by atoms with Gasteiger partial charge in [-0.2, -0.15) is 0 Å². The Morgan fingerprint density at radius 2 is 1.14 bits per heavy atom. The first-order chi connectivity index (χ1) is 5.70. The Kier molecular flexibility index (Phi) is 15.6. The van der Waals surface area contributed by atoms with Gasteiger partial charge in [0, 0.05) is 0 Å². The summed E-state index contributed by atoms with van der Waals surface area (Å²) in [6.07, 6.45) is 0. The summed E-state index contributed by atoms with van der Waals surface area (Å²) in [7, 11) is 0. The maximum Gasteiger partial charge on any atom is 0.331 e. The first kappa shape index (κ1) is 18.5. The van der Waals surface area contributed by atoms with E-state index in [9.17, 15) is 9.59 Å². The molecule has 8 N–H and O–H groups in total. The van der Waals surface area contributed by atoms with Gasteiger partial charge >= 0.3 is 11.9 Å². The van der Waals surface area contributed by atoms with Crippen LogP contribution in [-0.4, -0.2) is 48.6 Å². The number of aliphatic hydroxyl groups is 2. The van der Waals surface area contributed by atoms with Gasteiger partial charge in [-0.25, -0.2) is 9.59 Å². The molecule has 0 radical (unpaired) electrons. The predicted molar refractivity (Wildman–Crippen MR) is 46.1 cm³/mol. The second-order valence-corrected chi connectivity index (χ2v) is 1.76.